The van der Waals surface area contributed by atoms with E-state index in [1.54, 1.807) is 13.0 Å². The first-order valence-electron chi connectivity index (χ1n) is 6.55. The first-order chi connectivity index (χ1) is 10.3. The van der Waals surface area contributed by atoms with Crippen molar-refractivity contribution in [3.8, 4) is 0 Å². The highest BCUT2D eigenvalue weighted by atomic mass is 32.2. The Balaban J connectivity index is 3.12. The fourth-order valence-electron chi connectivity index (χ4n) is 1.82. The van der Waals surface area contributed by atoms with E-state index in [0.29, 0.717) is 12.2 Å². The van der Waals surface area contributed by atoms with Crippen molar-refractivity contribution in [2.75, 3.05) is 25.6 Å². The van der Waals surface area contributed by atoms with Crippen LogP contribution in [0.3, 0.4) is 0 Å². The summed E-state index contributed by atoms with van der Waals surface area (Å²) in [5, 5.41) is 12.1. The molecule has 0 heterocycles. The van der Waals surface area contributed by atoms with Crippen LogP contribution < -0.4 is 10.0 Å². The quantitative estimate of drug-likeness (QED) is 0.590. The van der Waals surface area contributed by atoms with Crippen LogP contribution in [0.5, 0.6) is 0 Å². The summed E-state index contributed by atoms with van der Waals surface area (Å²) < 4.78 is 31.7. The number of carboxylic acids is 1. The van der Waals surface area contributed by atoms with E-state index in [2.05, 4.69) is 16.6 Å². The van der Waals surface area contributed by atoms with Crippen LogP contribution in [-0.2, 0) is 14.8 Å². The second-order valence-electron chi connectivity index (χ2n) is 4.66. The predicted octanol–water partition coefficient (Wildman–Crippen LogP) is 1.30. The molecule has 0 aromatic heterocycles. The molecule has 1 rings (SSSR count). The first kappa shape index (κ1) is 18.1. The fourth-order valence-corrected chi connectivity index (χ4v) is 3.07. The molecule has 0 aliphatic heterocycles. The van der Waals surface area contributed by atoms with Crippen LogP contribution in [0.2, 0.25) is 0 Å². The molecule has 22 heavy (non-hydrogen) atoms. The Morgan fingerprint density at radius 1 is 1.50 bits per heavy atom. The van der Waals surface area contributed by atoms with Crippen LogP contribution in [0.1, 0.15) is 17.3 Å². The number of hydrogen-bond donors (Lipinski definition) is 3. The van der Waals surface area contributed by atoms with E-state index in [0.717, 1.165) is 6.07 Å². The number of hydrogen-bond acceptors (Lipinski definition) is 5. The van der Waals surface area contributed by atoms with E-state index in [9.17, 15) is 18.3 Å². The molecule has 0 saturated heterocycles. The van der Waals surface area contributed by atoms with Gasteiger partial charge in [0.25, 0.3) is 0 Å². The largest absolute Gasteiger partial charge is 0.478 e. The third-order valence-electron chi connectivity index (χ3n) is 2.74. The van der Waals surface area contributed by atoms with Gasteiger partial charge in [0.05, 0.1) is 17.1 Å². The number of sulfonamides is 1. The molecule has 1 atom stereocenters. The van der Waals surface area contributed by atoms with Gasteiger partial charge in [-0.05, 0) is 25.1 Å². The van der Waals surface area contributed by atoms with E-state index < -0.39 is 22.0 Å². The van der Waals surface area contributed by atoms with E-state index >= 15 is 0 Å². The van der Waals surface area contributed by atoms with Gasteiger partial charge in [-0.3, -0.25) is 0 Å². The molecule has 7 nitrogen and oxygen atoms in total. The zero-order chi connectivity index (χ0) is 16.8. The average Bonchev–Trinajstić information content (AvgIpc) is 2.44. The lowest BCUT2D eigenvalue weighted by Crippen LogP contribution is -2.35. The maximum atomic E-state index is 12.2. The summed E-state index contributed by atoms with van der Waals surface area (Å²) in [5.74, 6) is -1.21. The number of carboxylic acid groups (broad SMARTS) is 1. The van der Waals surface area contributed by atoms with Gasteiger partial charge in [0, 0.05) is 25.4 Å². The van der Waals surface area contributed by atoms with E-state index in [-0.39, 0.29) is 17.1 Å². The highest BCUT2D eigenvalue weighted by Crippen LogP contribution is 2.21. The molecule has 8 heteroatoms. The molecule has 1 aromatic rings. The summed E-state index contributed by atoms with van der Waals surface area (Å²) in [4.78, 5) is 11.2. The smallest absolute Gasteiger partial charge is 0.337 e. The van der Waals surface area contributed by atoms with Crippen LogP contribution in [0.15, 0.2) is 35.7 Å². The SMILES string of the molecule is C=CCNc1ccc(S(=O)(=O)N[C@H](C)COC)cc1C(=O)O. The number of aromatic carboxylic acids is 1. The van der Waals surface area contributed by atoms with Crippen molar-refractivity contribution < 1.29 is 23.1 Å². The molecular formula is C14H20N2O5S. The number of anilines is 1. The summed E-state index contributed by atoms with van der Waals surface area (Å²) in [6.07, 6.45) is 1.57. The number of rotatable bonds is 9. The zero-order valence-corrected chi connectivity index (χ0v) is 13.3. The van der Waals surface area contributed by atoms with Gasteiger partial charge in [-0.2, -0.15) is 0 Å². The normalized spacial score (nSPS) is 12.6. The van der Waals surface area contributed by atoms with Crippen molar-refractivity contribution in [3.63, 3.8) is 0 Å². The zero-order valence-electron chi connectivity index (χ0n) is 12.5. The number of benzene rings is 1. The molecule has 0 fully saturated rings. The van der Waals surface area contributed by atoms with Crippen LogP contribution >= 0.6 is 0 Å². The van der Waals surface area contributed by atoms with Gasteiger partial charge in [-0.1, -0.05) is 6.08 Å². The van der Waals surface area contributed by atoms with Crippen molar-refractivity contribution >= 4 is 21.7 Å². The monoisotopic (exact) mass is 328 g/mol. The molecule has 3 N–H and O–H groups in total. The van der Waals surface area contributed by atoms with Gasteiger partial charge in [0.2, 0.25) is 10.0 Å². The molecule has 0 amide bonds. The van der Waals surface area contributed by atoms with Crippen LogP contribution in [0.25, 0.3) is 0 Å². The Bertz CT molecular complexity index is 643. The van der Waals surface area contributed by atoms with Crippen LogP contribution in [-0.4, -0.2) is 45.8 Å². The summed E-state index contributed by atoms with van der Waals surface area (Å²) in [7, 11) is -2.35. The molecule has 0 aliphatic rings. The lowest BCUT2D eigenvalue weighted by Gasteiger charge is -2.15. The van der Waals surface area contributed by atoms with Crippen molar-refractivity contribution in [2.24, 2.45) is 0 Å². The minimum Gasteiger partial charge on any atom is -0.478 e. The lowest BCUT2D eigenvalue weighted by atomic mass is 10.2. The summed E-state index contributed by atoms with van der Waals surface area (Å²) >= 11 is 0. The van der Waals surface area contributed by atoms with Gasteiger partial charge < -0.3 is 15.2 Å². The van der Waals surface area contributed by atoms with Crippen molar-refractivity contribution in [1.82, 2.24) is 4.72 Å². The minimum atomic E-state index is -3.82. The van der Waals surface area contributed by atoms with E-state index in [4.69, 9.17) is 4.74 Å². The molecule has 1 aromatic carbocycles. The Labute approximate surface area is 130 Å². The molecule has 0 bridgehead atoms. The third-order valence-corrected chi connectivity index (χ3v) is 4.33. The minimum absolute atomic E-state index is 0.114. The molecule has 0 unspecified atom stereocenters. The standard InChI is InChI=1S/C14H20N2O5S/c1-4-7-15-13-6-5-11(8-12(13)14(17)18)22(19,20)16-10(2)9-21-3/h4-6,8,10,15-16H,1,7,9H2,2-3H3,(H,17,18)/t10-/m1/s1. The van der Waals surface area contributed by atoms with Crippen LogP contribution in [0, 0.1) is 0 Å². The Hall–Kier alpha value is -1.90. The van der Waals surface area contributed by atoms with Gasteiger partial charge in [0.1, 0.15) is 0 Å². The molecule has 0 radical (unpaired) electrons. The second-order valence-corrected chi connectivity index (χ2v) is 6.37. The summed E-state index contributed by atoms with van der Waals surface area (Å²) in [6, 6.07) is 3.46. The first-order valence-corrected chi connectivity index (χ1v) is 8.03. The number of carbonyl (C=O) groups is 1. The van der Waals surface area contributed by atoms with Crippen molar-refractivity contribution in [1.29, 1.82) is 0 Å². The van der Waals surface area contributed by atoms with Crippen molar-refractivity contribution in [3.05, 3.63) is 36.4 Å². The van der Waals surface area contributed by atoms with Gasteiger partial charge >= 0.3 is 5.97 Å². The predicted molar refractivity (Wildman–Crippen MR) is 83.7 cm³/mol. The Kier molecular flexibility index (Phi) is 6.54. The van der Waals surface area contributed by atoms with E-state index in [1.165, 1.54) is 19.2 Å². The number of ether oxygens (including phenoxy) is 1. The van der Waals surface area contributed by atoms with Gasteiger partial charge in [-0.15, -0.1) is 6.58 Å². The van der Waals surface area contributed by atoms with Crippen LogP contribution in [0.4, 0.5) is 5.69 Å². The number of nitrogens with one attached hydrogen (secondary N) is 2. The van der Waals surface area contributed by atoms with E-state index in [1.807, 2.05) is 0 Å². The topological polar surface area (TPSA) is 105 Å². The molecular weight excluding hydrogens is 308 g/mol. The fraction of sp³-hybridized carbons (Fsp3) is 0.357. The Morgan fingerprint density at radius 2 is 2.18 bits per heavy atom. The molecule has 0 saturated carbocycles. The highest BCUT2D eigenvalue weighted by molar-refractivity contribution is 7.89. The second kappa shape index (κ2) is 7.92. The Morgan fingerprint density at radius 3 is 2.73 bits per heavy atom. The lowest BCUT2D eigenvalue weighted by molar-refractivity contribution is 0.0697. The molecule has 0 spiro atoms. The van der Waals surface area contributed by atoms with Gasteiger partial charge in [-0.25, -0.2) is 17.9 Å². The average molecular weight is 328 g/mol. The maximum Gasteiger partial charge on any atom is 0.337 e. The summed E-state index contributed by atoms with van der Waals surface area (Å²) in [5.41, 5.74) is 0.209. The maximum absolute atomic E-state index is 12.2. The number of methoxy groups -OCH3 is 1. The highest BCUT2D eigenvalue weighted by Gasteiger charge is 2.20. The summed E-state index contributed by atoms with van der Waals surface area (Å²) in [6.45, 7) is 5.76. The molecule has 0 aliphatic carbocycles. The molecule has 122 valence electrons. The van der Waals surface area contributed by atoms with Crippen molar-refractivity contribution in [2.45, 2.75) is 17.9 Å². The van der Waals surface area contributed by atoms with Gasteiger partial charge in [0.15, 0.2) is 0 Å². The third kappa shape index (κ3) is 4.83.